The van der Waals surface area contributed by atoms with E-state index >= 15 is 0 Å². The summed E-state index contributed by atoms with van der Waals surface area (Å²) in [6.45, 7) is 7.99. The fourth-order valence-electron chi connectivity index (χ4n) is 4.89. The Bertz CT molecular complexity index is 729. The summed E-state index contributed by atoms with van der Waals surface area (Å²) in [6, 6.07) is 0. The second kappa shape index (κ2) is 6.06. The van der Waals surface area contributed by atoms with Crippen molar-refractivity contribution in [1.29, 1.82) is 0 Å². The molecule has 1 spiro atoms. The van der Waals surface area contributed by atoms with Gasteiger partial charge in [0.05, 0.1) is 24.7 Å². The highest BCUT2D eigenvalue weighted by molar-refractivity contribution is 5.91. The quantitative estimate of drug-likeness (QED) is 0.357. The number of carbonyl (C=O) groups is 2. The van der Waals surface area contributed by atoms with Crippen molar-refractivity contribution in [2.24, 2.45) is 17.8 Å². The predicted molar refractivity (Wildman–Crippen MR) is 91.9 cm³/mol. The molecule has 0 aromatic carbocycles. The van der Waals surface area contributed by atoms with Crippen LogP contribution in [0.5, 0.6) is 0 Å². The summed E-state index contributed by atoms with van der Waals surface area (Å²) in [5, 5.41) is 9.01. The zero-order valence-electron chi connectivity index (χ0n) is 15.1. The third-order valence-corrected chi connectivity index (χ3v) is 6.38. The molecule has 4 aliphatic rings. The van der Waals surface area contributed by atoms with Crippen molar-refractivity contribution in [2.75, 3.05) is 13.2 Å². The molecule has 0 aromatic rings. The molecule has 6 nitrogen and oxygen atoms in total. The molecule has 1 N–H and O–H groups in total. The van der Waals surface area contributed by atoms with Gasteiger partial charge in [0, 0.05) is 29.4 Å². The summed E-state index contributed by atoms with van der Waals surface area (Å²) in [7, 11) is 0. The highest BCUT2D eigenvalue weighted by atomic mass is 16.6. The Labute approximate surface area is 152 Å². The molecule has 2 heterocycles. The van der Waals surface area contributed by atoms with Crippen molar-refractivity contribution in [3.63, 3.8) is 0 Å². The molecular weight excluding hydrogens is 336 g/mol. The number of rotatable bonds is 3. The molecule has 1 saturated carbocycles. The summed E-state index contributed by atoms with van der Waals surface area (Å²) in [5.41, 5.74) is 1.58. The van der Waals surface area contributed by atoms with Gasteiger partial charge in [0.15, 0.2) is 0 Å². The van der Waals surface area contributed by atoms with Crippen molar-refractivity contribution in [2.45, 2.75) is 44.5 Å². The molecule has 0 unspecified atom stereocenters. The Morgan fingerprint density at radius 2 is 2.23 bits per heavy atom. The Balaban J connectivity index is 1.69. The largest absolute Gasteiger partial charge is 0.458 e. The van der Waals surface area contributed by atoms with E-state index in [9.17, 15) is 9.59 Å². The topological polar surface area (TPSA) is 85.4 Å². The Hall–Kier alpha value is -1.92. The molecule has 3 fully saturated rings. The summed E-state index contributed by atoms with van der Waals surface area (Å²) < 4.78 is 17.4. The second-order valence-electron chi connectivity index (χ2n) is 7.81. The average Bonchev–Trinajstić information content (AvgIpc) is 3.20. The van der Waals surface area contributed by atoms with Crippen molar-refractivity contribution in [3.05, 3.63) is 35.5 Å². The number of aliphatic hydroxyl groups excluding tert-OH is 1. The van der Waals surface area contributed by atoms with E-state index in [1.807, 2.05) is 0 Å². The summed E-state index contributed by atoms with van der Waals surface area (Å²) in [4.78, 5) is 24.7. The standard InChI is InChI=1S/C20H24O6/c1-10-4-5-13-15(10)17-16(12(3)19(23)26-17)14(8-20(13)9-24-20)25-18(22)11(2)6-7-21/h4,6,13-17,21H,3,5,7-9H2,1-2H3/b11-6+/t13-,14-,15+,16-,17-,20-/m1/s1. The minimum atomic E-state index is -0.533. The van der Waals surface area contributed by atoms with Gasteiger partial charge in [-0.3, -0.25) is 0 Å². The first kappa shape index (κ1) is 17.5. The maximum Gasteiger partial charge on any atom is 0.334 e. The summed E-state index contributed by atoms with van der Waals surface area (Å²) in [5.74, 6) is -0.972. The summed E-state index contributed by atoms with van der Waals surface area (Å²) >= 11 is 0. The van der Waals surface area contributed by atoms with Gasteiger partial charge in [0.1, 0.15) is 12.2 Å². The number of allylic oxidation sites excluding steroid dienone is 1. The number of carbonyl (C=O) groups excluding carboxylic acids is 2. The van der Waals surface area contributed by atoms with Gasteiger partial charge < -0.3 is 19.3 Å². The SMILES string of the molecule is C=C1C(=O)O[C@@H]2[C@H]3C(C)=CC[C@H]3[C@]3(CO3)C[C@@H](OC(=O)/C(C)=C/CO)[C@@H]12. The number of fused-ring (bicyclic) bond motifs is 4. The van der Waals surface area contributed by atoms with Crippen LogP contribution in [-0.4, -0.2) is 48.1 Å². The van der Waals surface area contributed by atoms with Crippen LogP contribution in [0.3, 0.4) is 0 Å². The van der Waals surface area contributed by atoms with E-state index in [4.69, 9.17) is 19.3 Å². The van der Waals surface area contributed by atoms with Crippen LogP contribution in [0.15, 0.2) is 35.5 Å². The molecule has 0 amide bonds. The monoisotopic (exact) mass is 360 g/mol. The van der Waals surface area contributed by atoms with Crippen molar-refractivity contribution >= 4 is 11.9 Å². The van der Waals surface area contributed by atoms with Crippen LogP contribution in [0.25, 0.3) is 0 Å². The van der Waals surface area contributed by atoms with E-state index in [-0.39, 0.29) is 36.1 Å². The maximum absolute atomic E-state index is 12.4. The minimum absolute atomic E-state index is 0.0727. The number of aliphatic hydroxyl groups is 1. The van der Waals surface area contributed by atoms with Crippen LogP contribution in [0.2, 0.25) is 0 Å². The number of hydrogen-bond donors (Lipinski definition) is 1. The lowest BCUT2D eigenvalue weighted by Gasteiger charge is -2.29. The molecular formula is C20H24O6. The minimum Gasteiger partial charge on any atom is -0.458 e. The number of epoxide rings is 1. The highest BCUT2D eigenvalue weighted by Crippen LogP contribution is 2.58. The van der Waals surface area contributed by atoms with E-state index in [2.05, 4.69) is 19.6 Å². The Kier molecular flexibility index (Phi) is 4.08. The van der Waals surface area contributed by atoms with Gasteiger partial charge in [-0.15, -0.1) is 0 Å². The second-order valence-corrected chi connectivity index (χ2v) is 7.81. The lowest BCUT2D eigenvalue weighted by molar-refractivity contribution is -0.148. The highest BCUT2D eigenvalue weighted by Gasteiger charge is 2.65. The van der Waals surface area contributed by atoms with Gasteiger partial charge in [0.25, 0.3) is 0 Å². The average molecular weight is 360 g/mol. The van der Waals surface area contributed by atoms with Crippen LogP contribution >= 0.6 is 0 Å². The van der Waals surface area contributed by atoms with Crippen molar-refractivity contribution in [1.82, 2.24) is 0 Å². The molecule has 6 heteroatoms. The predicted octanol–water partition coefficient (Wildman–Crippen LogP) is 1.69. The third-order valence-electron chi connectivity index (χ3n) is 6.38. The van der Waals surface area contributed by atoms with E-state index < -0.39 is 18.0 Å². The van der Waals surface area contributed by atoms with E-state index in [0.29, 0.717) is 24.2 Å². The molecule has 2 saturated heterocycles. The van der Waals surface area contributed by atoms with Crippen LogP contribution in [0, 0.1) is 17.8 Å². The van der Waals surface area contributed by atoms with Crippen LogP contribution in [0.1, 0.15) is 26.7 Å². The fraction of sp³-hybridized carbons (Fsp3) is 0.600. The van der Waals surface area contributed by atoms with Crippen LogP contribution in [0.4, 0.5) is 0 Å². The molecule has 140 valence electrons. The number of hydrogen-bond acceptors (Lipinski definition) is 6. The Morgan fingerprint density at radius 1 is 1.50 bits per heavy atom. The van der Waals surface area contributed by atoms with Gasteiger partial charge in [0.2, 0.25) is 0 Å². The fourth-order valence-corrected chi connectivity index (χ4v) is 4.89. The number of ether oxygens (including phenoxy) is 3. The van der Waals surface area contributed by atoms with Gasteiger partial charge in [-0.1, -0.05) is 18.2 Å². The first-order chi connectivity index (χ1) is 12.4. The number of esters is 2. The van der Waals surface area contributed by atoms with E-state index in [1.165, 1.54) is 11.6 Å². The molecule has 4 rings (SSSR count). The first-order valence-electron chi connectivity index (χ1n) is 9.07. The van der Waals surface area contributed by atoms with Gasteiger partial charge in [-0.2, -0.15) is 0 Å². The smallest absolute Gasteiger partial charge is 0.334 e. The molecule has 6 atom stereocenters. The third kappa shape index (κ3) is 2.55. The summed E-state index contributed by atoms with van der Waals surface area (Å²) in [6.07, 6.45) is 4.12. The molecule has 2 aliphatic heterocycles. The maximum atomic E-state index is 12.4. The van der Waals surface area contributed by atoms with Crippen molar-refractivity contribution in [3.8, 4) is 0 Å². The van der Waals surface area contributed by atoms with Crippen molar-refractivity contribution < 1.29 is 28.9 Å². The van der Waals surface area contributed by atoms with Crippen LogP contribution in [-0.2, 0) is 23.8 Å². The lowest BCUT2D eigenvalue weighted by atomic mass is 9.78. The first-order valence-corrected chi connectivity index (χ1v) is 9.07. The zero-order valence-corrected chi connectivity index (χ0v) is 15.1. The van der Waals surface area contributed by atoms with Gasteiger partial charge >= 0.3 is 11.9 Å². The van der Waals surface area contributed by atoms with Gasteiger partial charge in [-0.25, -0.2) is 9.59 Å². The van der Waals surface area contributed by atoms with Gasteiger partial charge in [-0.05, 0) is 26.3 Å². The molecule has 2 aliphatic carbocycles. The molecule has 26 heavy (non-hydrogen) atoms. The zero-order chi connectivity index (χ0) is 18.6. The molecule has 0 radical (unpaired) electrons. The lowest BCUT2D eigenvalue weighted by Crippen LogP contribution is -2.36. The van der Waals surface area contributed by atoms with E-state index in [0.717, 1.165) is 6.42 Å². The Morgan fingerprint density at radius 3 is 2.88 bits per heavy atom. The normalized spacial score (nSPS) is 41.3. The van der Waals surface area contributed by atoms with E-state index in [1.54, 1.807) is 6.92 Å². The molecule has 0 aromatic heterocycles. The molecule has 0 bridgehead atoms. The van der Waals surface area contributed by atoms with Crippen LogP contribution < -0.4 is 0 Å².